The zero-order chi connectivity index (χ0) is 17.2. The van der Waals surface area contributed by atoms with Gasteiger partial charge in [-0.1, -0.05) is 48.3 Å². The molecule has 7 heteroatoms. The first kappa shape index (κ1) is 16.9. The van der Waals surface area contributed by atoms with E-state index in [1.165, 1.54) is 24.6 Å². The first-order chi connectivity index (χ1) is 12.2. The molecule has 1 N–H and O–H groups in total. The van der Waals surface area contributed by atoms with E-state index in [0.717, 1.165) is 42.2 Å². The van der Waals surface area contributed by atoms with Crippen molar-refractivity contribution in [2.75, 3.05) is 5.75 Å². The van der Waals surface area contributed by atoms with E-state index in [0.29, 0.717) is 22.9 Å². The standard InChI is InChI=1S/C18H21ClN4OS/c19-15-8-4-3-7-14(15)17-21-22-18(23(17)13-5-1-2-6-13)25-11-16(24)20-12-9-10-12/h3-4,7-8,12-13H,1-2,5-6,9-11H2,(H,20,24). The minimum atomic E-state index is 0.0766. The molecule has 25 heavy (non-hydrogen) atoms. The Morgan fingerprint density at radius 3 is 2.68 bits per heavy atom. The number of benzene rings is 1. The molecule has 0 spiro atoms. The van der Waals surface area contributed by atoms with Gasteiger partial charge in [-0.15, -0.1) is 10.2 Å². The molecular weight excluding hydrogens is 356 g/mol. The second kappa shape index (κ2) is 7.38. The van der Waals surface area contributed by atoms with Crippen LogP contribution in [0.1, 0.15) is 44.6 Å². The van der Waals surface area contributed by atoms with E-state index in [-0.39, 0.29) is 5.91 Å². The average Bonchev–Trinajstić information content (AvgIpc) is 3.11. The molecule has 2 fully saturated rings. The van der Waals surface area contributed by atoms with Crippen LogP contribution in [0.15, 0.2) is 29.4 Å². The summed E-state index contributed by atoms with van der Waals surface area (Å²) >= 11 is 7.85. The third kappa shape index (κ3) is 3.85. The van der Waals surface area contributed by atoms with Gasteiger partial charge in [0.1, 0.15) is 0 Å². The van der Waals surface area contributed by atoms with E-state index in [1.807, 2.05) is 24.3 Å². The number of amides is 1. The molecule has 1 heterocycles. The highest BCUT2D eigenvalue weighted by atomic mass is 35.5. The van der Waals surface area contributed by atoms with Gasteiger partial charge in [-0.3, -0.25) is 9.36 Å². The van der Waals surface area contributed by atoms with E-state index in [9.17, 15) is 4.79 Å². The van der Waals surface area contributed by atoms with Crippen LogP contribution in [0.4, 0.5) is 0 Å². The number of carbonyl (C=O) groups is 1. The van der Waals surface area contributed by atoms with Gasteiger partial charge in [0.2, 0.25) is 5.91 Å². The molecule has 4 rings (SSSR count). The van der Waals surface area contributed by atoms with Crippen LogP contribution in [-0.4, -0.2) is 32.5 Å². The van der Waals surface area contributed by atoms with Gasteiger partial charge in [0.15, 0.2) is 11.0 Å². The van der Waals surface area contributed by atoms with Crippen molar-refractivity contribution in [3.05, 3.63) is 29.3 Å². The molecule has 0 radical (unpaired) electrons. The molecular formula is C18H21ClN4OS. The van der Waals surface area contributed by atoms with Crippen LogP contribution in [0.3, 0.4) is 0 Å². The van der Waals surface area contributed by atoms with Gasteiger partial charge in [-0.2, -0.15) is 0 Å². The zero-order valence-corrected chi connectivity index (χ0v) is 15.5. The summed E-state index contributed by atoms with van der Waals surface area (Å²) in [5.41, 5.74) is 0.901. The van der Waals surface area contributed by atoms with Gasteiger partial charge in [0.05, 0.1) is 10.8 Å². The van der Waals surface area contributed by atoms with E-state index in [4.69, 9.17) is 11.6 Å². The first-order valence-corrected chi connectivity index (χ1v) is 10.2. The number of carbonyl (C=O) groups excluding carboxylic acids is 1. The number of hydrogen-bond donors (Lipinski definition) is 1. The first-order valence-electron chi connectivity index (χ1n) is 8.84. The van der Waals surface area contributed by atoms with Crippen LogP contribution in [0, 0.1) is 0 Å². The van der Waals surface area contributed by atoms with Gasteiger partial charge in [-0.25, -0.2) is 0 Å². The van der Waals surface area contributed by atoms with Gasteiger partial charge in [-0.05, 0) is 37.8 Å². The Balaban J connectivity index is 1.60. The number of hydrogen-bond acceptors (Lipinski definition) is 4. The molecule has 132 valence electrons. The molecule has 0 unspecified atom stereocenters. The Kier molecular flexibility index (Phi) is 4.99. The van der Waals surface area contributed by atoms with Crippen LogP contribution in [0.25, 0.3) is 11.4 Å². The zero-order valence-electron chi connectivity index (χ0n) is 13.9. The summed E-state index contributed by atoms with van der Waals surface area (Å²) in [5.74, 6) is 1.26. The van der Waals surface area contributed by atoms with Gasteiger partial charge in [0, 0.05) is 17.6 Å². The Labute approximate surface area is 156 Å². The molecule has 1 amide bonds. The Bertz CT molecular complexity index is 768. The summed E-state index contributed by atoms with van der Waals surface area (Å²) in [4.78, 5) is 12.0. The highest BCUT2D eigenvalue weighted by molar-refractivity contribution is 7.99. The van der Waals surface area contributed by atoms with Crippen molar-refractivity contribution in [2.24, 2.45) is 0 Å². The van der Waals surface area contributed by atoms with Gasteiger partial charge in [0.25, 0.3) is 0 Å². The Morgan fingerprint density at radius 2 is 1.96 bits per heavy atom. The fourth-order valence-corrected chi connectivity index (χ4v) is 4.36. The number of rotatable bonds is 6. The van der Waals surface area contributed by atoms with Crippen molar-refractivity contribution in [1.29, 1.82) is 0 Å². The van der Waals surface area contributed by atoms with E-state index >= 15 is 0 Å². The van der Waals surface area contributed by atoms with Crippen molar-refractivity contribution >= 4 is 29.3 Å². The Hall–Kier alpha value is -1.53. The maximum Gasteiger partial charge on any atom is 0.230 e. The maximum absolute atomic E-state index is 12.0. The number of thioether (sulfide) groups is 1. The third-order valence-corrected chi connectivity index (χ3v) is 6.02. The predicted octanol–water partition coefficient (Wildman–Crippen LogP) is 4.08. The quantitative estimate of drug-likeness (QED) is 0.771. The highest BCUT2D eigenvalue weighted by Crippen LogP contribution is 2.38. The number of aromatic nitrogens is 3. The van der Waals surface area contributed by atoms with Gasteiger partial charge >= 0.3 is 0 Å². The number of nitrogens with one attached hydrogen (secondary N) is 1. The molecule has 1 aromatic carbocycles. The second-order valence-corrected chi connectivity index (χ2v) is 8.07. The summed E-state index contributed by atoms with van der Waals surface area (Å²) in [6, 6.07) is 8.51. The van der Waals surface area contributed by atoms with Crippen molar-refractivity contribution in [2.45, 2.75) is 55.8 Å². The highest BCUT2D eigenvalue weighted by Gasteiger charge is 2.27. The normalized spacial score (nSPS) is 17.8. The topological polar surface area (TPSA) is 59.8 Å². The number of nitrogens with zero attached hydrogens (tertiary/aromatic N) is 3. The van der Waals surface area contributed by atoms with Crippen LogP contribution in [-0.2, 0) is 4.79 Å². The summed E-state index contributed by atoms with van der Waals surface area (Å²) in [5, 5.41) is 13.3. The fraction of sp³-hybridized carbons (Fsp3) is 0.500. The van der Waals surface area contributed by atoms with Crippen molar-refractivity contribution in [1.82, 2.24) is 20.1 Å². The van der Waals surface area contributed by atoms with Crippen molar-refractivity contribution < 1.29 is 4.79 Å². The molecule has 2 saturated carbocycles. The summed E-state index contributed by atoms with van der Waals surface area (Å²) < 4.78 is 2.20. The van der Waals surface area contributed by atoms with E-state index < -0.39 is 0 Å². The lowest BCUT2D eigenvalue weighted by Gasteiger charge is -2.17. The molecule has 2 aromatic rings. The second-order valence-electron chi connectivity index (χ2n) is 6.72. The molecule has 0 atom stereocenters. The third-order valence-electron chi connectivity index (χ3n) is 4.74. The van der Waals surface area contributed by atoms with Crippen LogP contribution < -0.4 is 5.32 Å². The van der Waals surface area contributed by atoms with Crippen LogP contribution >= 0.6 is 23.4 Å². The maximum atomic E-state index is 12.0. The largest absolute Gasteiger partial charge is 0.353 e. The fourth-order valence-electron chi connectivity index (χ4n) is 3.32. The lowest BCUT2D eigenvalue weighted by Crippen LogP contribution is -2.27. The summed E-state index contributed by atoms with van der Waals surface area (Å²) in [6.45, 7) is 0. The monoisotopic (exact) mass is 376 g/mol. The molecule has 0 aliphatic heterocycles. The van der Waals surface area contributed by atoms with E-state index in [2.05, 4.69) is 20.1 Å². The minimum Gasteiger partial charge on any atom is -0.353 e. The van der Waals surface area contributed by atoms with Crippen LogP contribution in [0.2, 0.25) is 5.02 Å². The van der Waals surface area contributed by atoms with Crippen LogP contribution in [0.5, 0.6) is 0 Å². The summed E-state index contributed by atoms with van der Waals surface area (Å²) in [6.07, 6.45) is 6.89. The molecule has 2 aliphatic carbocycles. The molecule has 5 nitrogen and oxygen atoms in total. The SMILES string of the molecule is O=C(CSc1nnc(-c2ccccc2Cl)n1C1CCCC1)NC1CC1. The summed E-state index contributed by atoms with van der Waals surface area (Å²) in [7, 11) is 0. The molecule has 1 aromatic heterocycles. The lowest BCUT2D eigenvalue weighted by atomic mass is 10.2. The lowest BCUT2D eigenvalue weighted by molar-refractivity contribution is -0.118. The van der Waals surface area contributed by atoms with Crippen molar-refractivity contribution in [3.8, 4) is 11.4 Å². The van der Waals surface area contributed by atoms with E-state index in [1.54, 1.807) is 0 Å². The smallest absolute Gasteiger partial charge is 0.230 e. The molecule has 0 saturated heterocycles. The minimum absolute atomic E-state index is 0.0766. The molecule has 0 bridgehead atoms. The average molecular weight is 377 g/mol. The molecule has 2 aliphatic rings. The predicted molar refractivity (Wildman–Crippen MR) is 99.9 cm³/mol. The number of halogens is 1. The van der Waals surface area contributed by atoms with Gasteiger partial charge < -0.3 is 5.32 Å². The Morgan fingerprint density at radius 1 is 1.20 bits per heavy atom. The van der Waals surface area contributed by atoms with Crippen molar-refractivity contribution in [3.63, 3.8) is 0 Å².